The van der Waals surface area contributed by atoms with Gasteiger partial charge in [0.05, 0.1) is 5.92 Å². The molecule has 2 saturated heterocycles. The lowest BCUT2D eigenvalue weighted by atomic mass is 9.89. The van der Waals surface area contributed by atoms with Crippen LogP contribution in [0.5, 0.6) is 0 Å². The van der Waals surface area contributed by atoms with Gasteiger partial charge in [0, 0.05) is 24.8 Å². The zero-order valence-electron chi connectivity index (χ0n) is 14.0. The number of hydrogen-bond acceptors (Lipinski definition) is 3. The Morgan fingerprint density at radius 1 is 1.16 bits per heavy atom. The van der Waals surface area contributed by atoms with Gasteiger partial charge in [0.2, 0.25) is 11.8 Å². The zero-order valence-corrected chi connectivity index (χ0v) is 14.0. The Balaban J connectivity index is 1.74. The summed E-state index contributed by atoms with van der Waals surface area (Å²) in [6.07, 6.45) is 1.55. The maximum atomic E-state index is 13.1. The molecule has 0 aliphatic carbocycles. The largest absolute Gasteiger partial charge is 0.481 e. The Hall–Kier alpha value is -2.44. The highest BCUT2D eigenvalue weighted by atomic mass is 19.1. The maximum Gasteiger partial charge on any atom is 0.308 e. The second-order valence-corrected chi connectivity index (χ2v) is 6.67. The summed E-state index contributed by atoms with van der Waals surface area (Å²) < 4.78 is 13.1. The van der Waals surface area contributed by atoms with Crippen LogP contribution in [-0.4, -0.2) is 46.9 Å². The van der Waals surface area contributed by atoms with Crippen molar-refractivity contribution in [2.75, 3.05) is 18.0 Å². The number of likely N-dealkylation sites (tertiary alicyclic amines) is 1. The van der Waals surface area contributed by atoms with Gasteiger partial charge in [0.15, 0.2) is 0 Å². The quantitative estimate of drug-likeness (QED) is 0.846. The fourth-order valence-corrected chi connectivity index (χ4v) is 3.77. The predicted molar refractivity (Wildman–Crippen MR) is 88.4 cm³/mol. The molecular weight excluding hydrogens is 327 g/mol. The maximum absolute atomic E-state index is 13.1. The number of halogens is 1. The van der Waals surface area contributed by atoms with Gasteiger partial charge in [-0.25, -0.2) is 4.39 Å². The van der Waals surface area contributed by atoms with Gasteiger partial charge >= 0.3 is 5.97 Å². The van der Waals surface area contributed by atoms with Crippen LogP contribution in [0.15, 0.2) is 24.3 Å². The summed E-state index contributed by atoms with van der Waals surface area (Å²) in [4.78, 5) is 39.9. The first-order valence-electron chi connectivity index (χ1n) is 8.50. The van der Waals surface area contributed by atoms with Gasteiger partial charge in [-0.05, 0) is 50.5 Å². The van der Waals surface area contributed by atoms with Crippen LogP contribution in [0.25, 0.3) is 0 Å². The molecule has 0 saturated carbocycles. The number of carbonyl (C=O) groups excluding carboxylic acids is 2. The zero-order chi connectivity index (χ0) is 18.1. The van der Waals surface area contributed by atoms with Crippen molar-refractivity contribution < 1.29 is 23.9 Å². The van der Waals surface area contributed by atoms with Gasteiger partial charge in [-0.3, -0.25) is 14.4 Å². The minimum absolute atomic E-state index is 0.298. The molecule has 2 aliphatic rings. The number of rotatable bonds is 3. The summed E-state index contributed by atoms with van der Waals surface area (Å²) in [5.41, 5.74) is 0.566. The first-order valence-corrected chi connectivity index (χ1v) is 8.50. The van der Waals surface area contributed by atoms with E-state index in [9.17, 15) is 23.9 Å². The van der Waals surface area contributed by atoms with Crippen molar-refractivity contribution in [1.82, 2.24) is 4.90 Å². The Bertz CT molecular complexity index is 691. The van der Waals surface area contributed by atoms with Crippen molar-refractivity contribution in [3.05, 3.63) is 30.1 Å². The van der Waals surface area contributed by atoms with Crippen LogP contribution in [0.3, 0.4) is 0 Å². The molecule has 134 valence electrons. The molecular formula is C18H21FN2O4. The van der Waals surface area contributed by atoms with Crippen molar-refractivity contribution in [3.8, 4) is 0 Å². The van der Waals surface area contributed by atoms with E-state index >= 15 is 0 Å². The van der Waals surface area contributed by atoms with Gasteiger partial charge in [-0.1, -0.05) is 0 Å². The number of carboxylic acid groups (broad SMARTS) is 1. The molecule has 0 radical (unpaired) electrons. The third kappa shape index (κ3) is 3.23. The number of aliphatic carboxylic acids is 1. The summed E-state index contributed by atoms with van der Waals surface area (Å²) in [6.45, 7) is 2.60. The van der Waals surface area contributed by atoms with Crippen molar-refractivity contribution in [3.63, 3.8) is 0 Å². The number of piperidine rings is 1. The lowest BCUT2D eigenvalue weighted by Crippen LogP contribution is -2.52. The molecule has 3 atom stereocenters. The molecule has 0 aromatic heterocycles. The Labute approximate surface area is 145 Å². The average Bonchev–Trinajstić information content (AvgIpc) is 2.96. The molecule has 1 aromatic carbocycles. The van der Waals surface area contributed by atoms with E-state index in [1.54, 1.807) is 11.8 Å². The van der Waals surface area contributed by atoms with Crippen molar-refractivity contribution >= 4 is 23.5 Å². The standard InChI is InChI=1S/C18H21FN2O4/c1-11-14(18(24)25)3-2-9-20(11)16(22)15-8-10-21(17(15)23)13-6-4-12(19)5-7-13/h4-7,11,14-15H,2-3,8-10H2,1H3,(H,24,25)/t11-,14-,15?/m1/s1. The number of carbonyl (C=O) groups is 3. The third-order valence-corrected chi connectivity index (χ3v) is 5.23. The molecule has 25 heavy (non-hydrogen) atoms. The molecule has 0 spiro atoms. The Morgan fingerprint density at radius 2 is 1.84 bits per heavy atom. The monoisotopic (exact) mass is 348 g/mol. The molecule has 1 unspecified atom stereocenters. The predicted octanol–water partition coefficient (Wildman–Crippen LogP) is 1.89. The minimum Gasteiger partial charge on any atom is -0.481 e. The highest BCUT2D eigenvalue weighted by molar-refractivity contribution is 6.09. The van der Waals surface area contributed by atoms with E-state index in [2.05, 4.69) is 0 Å². The summed E-state index contributed by atoms with van der Waals surface area (Å²) in [7, 11) is 0. The molecule has 0 bridgehead atoms. The second kappa shape index (κ2) is 6.82. The van der Waals surface area contributed by atoms with Crippen LogP contribution in [0.2, 0.25) is 0 Å². The molecule has 3 rings (SSSR count). The van der Waals surface area contributed by atoms with Crippen molar-refractivity contribution in [2.45, 2.75) is 32.2 Å². The topological polar surface area (TPSA) is 77.9 Å². The first-order chi connectivity index (χ1) is 11.9. The number of amides is 2. The lowest BCUT2D eigenvalue weighted by Gasteiger charge is -2.38. The van der Waals surface area contributed by atoms with Gasteiger partial charge in [0.25, 0.3) is 0 Å². The molecule has 6 nitrogen and oxygen atoms in total. The highest BCUT2D eigenvalue weighted by Crippen LogP contribution is 2.30. The fourth-order valence-electron chi connectivity index (χ4n) is 3.77. The number of carboxylic acids is 1. The van der Waals surface area contributed by atoms with Crippen molar-refractivity contribution in [2.24, 2.45) is 11.8 Å². The van der Waals surface area contributed by atoms with Crippen LogP contribution in [-0.2, 0) is 14.4 Å². The van der Waals surface area contributed by atoms with E-state index in [0.29, 0.717) is 38.0 Å². The van der Waals surface area contributed by atoms with Gasteiger partial charge in [-0.2, -0.15) is 0 Å². The molecule has 1 N–H and O–H groups in total. The molecule has 7 heteroatoms. The third-order valence-electron chi connectivity index (χ3n) is 5.23. The second-order valence-electron chi connectivity index (χ2n) is 6.67. The number of benzene rings is 1. The van der Waals surface area contributed by atoms with E-state index in [4.69, 9.17) is 0 Å². The first kappa shape index (κ1) is 17.4. The molecule has 2 aliphatic heterocycles. The summed E-state index contributed by atoms with van der Waals surface area (Å²) >= 11 is 0. The van der Waals surface area contributed by atoms with Crippen LogP contribution in [0.4, 0.5) is 10.1 Å². The summed E-state index contributed by atoms with van der Waals surface area (Å²) in [5, 5.41) is 9.29. The summed E-state index contributed by atoms with van der Waals surface area (Å²) in [6, 6.07) is 5.17. The van der Waals surface area contributed by atoms with E-state index in [0.717, 1.165) is 0 Å². The Kier molecular flexibility index (Phi) is 4.74. The van der Waals surface area contributed by atoms with Gasteiger partial charge in [0.1, 0.15) is 11.7 Å². The number of nitrogens with zero attached hydrogens (tertiary/aromatic N) is 2. The highest BCUT2D eigenvalue weighted by Gasteiger charge is 2.43. The van der Waals surface area contributed by atoms with E-state index < -0.39 is 23.8 Å². The van der Waals surface area contributed by atoms with Crippen LogP contribution in [0.1, 0.15) is 26.2 Å². The molecule has 1 aromatic rings. The van der Waals surface area contributed by atoms with E-state index in [1.165, 1.54) is 29.2 Å². The van der Waals surface area contributed by atoms with Gasteiger partial charge in [-0.15, -0.1) is 0 Å². The van der Waals surface area contributed by atoms with Crippen LogP contribution < -0.4 is 4.90 Å². The minimum atomic E-state index is -0.907. The molecule has 2 heterocycles. The number of hydrogen-bond donors (Lipinski definition) is 1. The van der Waals surface area contributed by atoms with Crippen molar-refractivity contribution in [1.29, 1.82) is 0 Å². The smallest absolute Gasteiger partial charge is 0.308 e. The fraction of sp³-hybridized carbons (Fsp3) is 0.500. The molecule has 2 amide bonds. The van der Waals surface area contributed by atoms with E-state index in [-0.39, 0.29) is 17.6 Å². The van der Waals surface area contributed by atoms with Crippen LogP contribution >= 0.6 is 0 Å². The van der Waals surface area contributed by atoms with Gasteiger partial charge < -0.3 is 14.9 Å². The average molecular weight is 348 g/mol. The van der Waals surface area contributed by atoms with E-state index in [1.807, 2.05) is 0 Å². The summed E-state index contributed by atoms with van der Waals surface area (Å²) in [5.74, 6) is -3.28. The normalized spacial score (nSPS) is 26.8. The number of anilines is 1. The van der Waals surface area contributed by atoms with Crippen LogP contribution in [0, 0.1) is 17.7 Å². The molecule has 2 fully saturated rings. The lowest BCUT2D eigenvalue weighted by molar-refractivity contribution is -0.151. The Morgan fingerprint density at radius 3 is 2.48 bits per heavy atom. The SMILES string of the molecule is C[C@@H]1[C@H](C(=O)O)CCCN1C(=O)C1CCN(c2ccc(F)cc2)C1=O.